The van der Waals surface area contributed by atoms with Gasteiger partial charge in [-0.2, -0.15) is 0 Å². The molecular formula is C14H18BrNO3. The normalized spacial score (nSPS) is 23.5. The van der Waals surface area contributed by atoms with Gasteiger partial charge in [-0.1, -0.05) is 15.9 Å². The predicted molar refractivity (Wildman–Crippen MR) is 76.2 cm³/mol. The van der Waals surface area contributed by atoms with Crippen molar-refractivity contribution in [2.24, 2.45) is 0 Å². The number of aliphatic hydroxyl groups is 1. The average Bonchev–Trinajstić information content (AvgIpc) is 2.41. The summed E-state index contributed by atoms with van der Waals surface area (Å²) in [7, 11) is 0. The fourth-order valence-electron chi connectivity index (χ4n) is 2.15. The summed E-state index contributed by atoms with van der Waals surface area (Å²) in [6, 6.07) is 5.61. The molecule has 2 rings (SSSR count). The summed E-state index contributed by atoms with van der Waals surface area (Å²) >= 11 is 3.43. The molecule has 1 N–H and O–H groups in total. The van der Waals surface area contributed by atoms with Gasteiger partial charge in [0, 0.05) is 16.6 Å². The number of hydrogen-bond acceptors (Lipinski definition) is 3. The second kappa shape index (κ2) is 6.03. The quantitative estimate of drug-likeness (QED) is 0.903. The fourth-order valence-corrected chi connectivity index (χ4v) is 2.40. The molecule has 0 bridgehead atoms. The first-order valence-corrected chi connectivity index (χ1v) is 7.11. The maximum absolute atomic E-state index is 12.5. The zero-order valence-electron chi connectivity index (χ0n) is 11.1. The number of halogens is 1. The Morgan fingerprint density at radius 2 is 2.32 bits per heavy atom. The summed E-state index contributed by atoms with van der Waals surface area (Å²) in [6.45, 7) is 4.76. The zero-order valence-corrected chi connectivity index (χ0v) is 12.7. The van der Waals surface area contributed by atoms with E-state index in [0.717, 1.165) is 10.0 Å². The number of benzene rings is 1. The van der Waals surface area contributed by atoms with Gasteiger partial charge < -0.3 is 14.7 Å². The standard InChI is InChI=1S/C14H18BrNO3/c1-9-5-11(3-4-13(9)15)14(18)16-6-12(7-17)19-8-10(16)2/h3-5,10,12,17H,6-8H2,1-2H3. The van der Waals surface area contributed by atoms with Crippen LogP contribution in [0.5, 0.6) is 0 Å². The van der Waals surface area contributed by atoms with E-state index in [9.17, 15) is 4.79 Å². The lowest BCUT2D eigenvalue weighted by molar-refractivity contribution is -0.0667. The molecule has 104 valence electrons. The van der Waals surface area contributed by atoms with E-state index in [2.05, 4.69) is 15.9 Å². The number of aryl methyl sites for hydroxylation is 1. The first-order chi connectivity index (χ1) is 9.02. The van der Waals surface area contributed by atoms with Gasteiger partial charge >= 0.3 is 0 Å². The number of morpholine rings is 1. The number of carbonyl (C=O) groups is 1. The molecule has 0 spiro atoms. The van der Waals surface area contributed by atoms with Gasteiger partial charge in [0.25, 0.3) is 5.91 Å². The predicted octanol–water partition coefficient (Wildman–Crippen LogP) is 1.98. The average molecular weight is 328 g/mol. The van der Waals surface area contributed by atoms with Crippen LogP contribution in [-0.4, -0.2) is 47.8 Å². The molecular weight excluding hydrogens is 310 g/mol. The Bertz CT molecular complexity index is 478. The van der Waals surface area contributed by atoms with Crippen LogP contribution in [0.4, 0.5) is 0 Å². The lowest BCUT2D eigenvalue weighted by Gasteiger charge is -2.37. The highest BCUT2D eigenvalue weighted by Gasteiger charge is 2.29. The third-order valence-electron chi connectivity index (χ3n) is 3.37. The van der Waals surface area contributed by atoms with E-state index >= 15 is 0 Å². The highest BCUT2D eigenvalue weighted by molar-refractivity contribution is 9.10. The molecule has 0 saturated carbocycles. The van der Waals surface area contributed by atoms with Crippen molar-refractivity contribution in [2.45, 2.75) is 26.0 Å². The summed E-state index contributed by atoms with van der Waals surface area (Å²) in [6.07, 6.45) is -0.281. The molecule has 1 aromatic rings. The van der Waals surface area contributed by atoms with Crippen LogP contribution >= 0.6 is 15.9 Å². The Labute approximate surface area is 121 Å². The monoisotopic (exact) mass is 327 g/mol. The summed E-state index contributed by atoms with van der Waals surface area (Å²) < 4.78 is 6.44. The van der Waals surface area contributed by atoms with E-state index in [1.807, 2.05) is 32.0 Å². The Morgan fingerprint density at radius 3 is 2.95 bits per heavy atom. The molecule has 1 aromatic carbocycles. The Morgan fingerprint density at radius 1 is 1.58 bits per heavy atom. The number of amides is 1. The number of carbonyl (C=O) groups excluding carboxylic acids is 1. The molecule has 1 amide bonds. The van der Waals surface area contributed by atoms with Crippen LogP contribution < -0.4 is 0 Å². The van der Waals surface area contributed by atoms with Crippen LogP contribution in [0.15, 0.2) is 22.7 Å². The van der Waals surface area contributed by atoms with Crippen LogP contribution in [0.1, 0.15) is 22.8 Å². The minimum atomic E-state index is -0.281. The van der Waals surface area contributed by atoms with Crippen molar-refractivity contribution < 1.29 is 14.6 Å². The molecule has 0 aromatic heterocycles. The van der Waals surface area contributed by atoms with E-state index in [1.165, 1.54) is 0 Å². The molecule has 0 aliphatic carbocycles. The summed E-state index contributed by atoms with van der Waals surface area (Å²) in [5.41, 5.74) is 1.71. The van der Waals surface area contributed by atoms with Crippen LogP contribution in [0, 0.1) is 6.92 Å². The first kappa shape index (κ1) is 14.5. The van der Waals surface area contributed by atoms with Gasteiger partial charge in [-0.05, 0) is 37.6 Å². The third-order valence-corrected chi connectivity index (χ3v) is 4.26. The van der Waals surface area contributed by atoms with Gasteiger partial charge in [-0.25, -0.2) is 0 Å². The summed E-state index contributed by atoms with van der Waals surface area (Å²) in [4.78, 5) is 14.3. The van der Waals surface area contributed by atoms with Gasteiger partial charge in [0.05, 0.1) is 25.4 Å². The molecule has 5 heteroatoms. The molecule has 4 nitrogen and oxygen atoms in total. The molecule has 1 saturated heterocycles. The number of rotatable bonds is 2. The van der Waals surface area contributed by atoms with Crippen molar-refractivity contribution in [2.75, 3.05) is 19.8 Å². The molecule has 0 radical (unpaired) electrons. The van der Waals surface area contributed by atoms with Gasteiger partial charge in [0.1, 0.15) is 0 Å². The van der Waals surface area contributed by atoms with Gasteiger partial charge in [0.2, 0.25) is 0 Å². The molecule has 19 heavy (non-hydrogen) atoms. The highest BCUT2D eigenvalue weighted by Crippen LogP contribution is 2.20. The Balaban J connectivity index is 2.19. The van der Waals surface area contributed by atoms with E-state index in [4.69, 9.17) is 9.84 Å². The maximum atomic E-state index is 12.5. The highest BCUT2D eigenvalue weighted by atomic mass is 79.9. The van der Waals surface area contributed by atoms with Crippen LogP contribution in [0.3, 0.4) is 0 Å². The van der Waals surface area contributed by atoms with Crippen molar-refractivity contribution in [3.8, 4) is 0 Å². The minimum absolute atomic E-state index is 0.00940. The summed E-state index contributed by atoms with van der Waals surface area (Å²) in [5.74, 6) is -0.00940. The van der Waals surface area contributed by atoms with Gasteiger partial charge in [0.15, 0.2) is 0 Å². The van der Waals surface area contributed by atoms with Crippen molar-refractivity contribution >= 4 is 21.8 Å². The van der Waals surface area contributed by atoms with Crippen molar-refractivity contribution in [1.29, 1.82) is 0 Å². The van der Waals surface area contributed by atoms with E-state index in [-0.39, 0.29) is 24.7 Å². The van der Waals surface area contributed by atoms with Crippen molar-refractivity contribution in [3.05, 3.63) is 33.8 Å². The van der Waals surface area contributed by atoms with Crippen molar-refractivity contribution in [3.63, 3.8) is 0 Å². The largest absolute Gasteiger partial charge is 0.394 e. The molecule has 1 aliphatic rings. The van der Waals surface area contributed by atoms with Crippen LogP contribution in [-0.2, 0) is 4.74 Å². The lowest BCUT2D eigenvalue weighted by Crippen LogP contribution is -2.52. The number of nitrogens with zero attached hydrogens (tertiary/aromatic N) is 1. The van der Waals surface area contributed by atoms with Gasteiger partial charge in [-0.15, -0.1) is 0 Å². The third kappa shape index (κ3) is 3.16. The first-order valence-electron chi connectivity index (χ1n) is 6.32. The minimum Gasteiger partial charge on any atom is -0.394 e. The van der Waals surface area contributed by atoms with Crippen LogP contribution in [0.2, 0.25) is 0 Å². The number of aliphatic hydroxyl groups excluding tert-OH is 1. The maximum Gasteiger partial charge on any atom is 0.254 e. The number of ether oxygens (including phenoxy) is 1. The second-order valence-corrected chi connectivity index (χ2v) is 5.76. The SMILES string of the molecule is Cc1cc(C(=O)N2CC(CO)OCC2C)ccc1Br. The van der Waals surface area contributed by atoms with E-state index < -0.39 is 0 Å². The molecule has 1 aliphatic heterocycles. The molecule has 2 atom stereocenters. The van der Waals surface area contributed by atoms with Crippen LogP contribution in [0.25, 0.3) is 0 Å². The molecule has 1 heterocycles. The van der Waals surface area contributed by atoms with E-state index in [0.29, 0.717) is 18.7 Å². The fraction of sp³-hybridized carbons (Fsp3) is 0.500. The molecule has 1 fully saturated rings. The number of hydrogen-bond donors (Lipinski definition) is 1. The second-order valence-electron chi connectivity index (χ2n) is 4.91. The lowest BCUT2D eigenvalue weighted by atomic mass is 10.1. The Kier molecular flexibility index (Phi) is 4.60. The summed E-state index contributed by atoms with van der Waals surface area (Å²) in [5, 5.41) is 9.16. The Hall–Kier alpha value is -0.910. The topological polar surface area (TPSA) is 49.8 Å². The van der Waals surface area contributed by atoms with Gasteiger partial charge in [-0.3, -0.25) is 4.79 Å². The zero-order chi connectivity index (χ0) is 14.0. The molecule has 2 unspecified atom stereocenters. The van der Waals surface area contributed by atoms with Crippen molar-refractivity contribution in [1.82, 2.24) is 4.90 Å². The van der Waals surface area contributed by atoms with E-state index in [1.54, 1.807) is 4.90 Å². The smallest absolute Gasteiger partial charge is 0.254 e.